The lowest BCUT2D eigenvalue weighted by Gasteiger charge is -2.17. The normalized spacial score (nSPS) is 11.3. The number of nitrogen functional groups attached to an aromatic ring is 1. The molecule has 0 saturated carbocycles. The Kier molecular flexibility index (Phi) is 6.44. The highest BCUT2D eigenvalue weighted by molar-refractivity contribution is 6.11. The topological polar surface area (TPSA) is 127 Å². The van der Waals surface area contributed by atoms with Crippen LogP contribution in [0.4, 0.5) is 11.4 Å². The van der Waals surface area contributed by atoms with Gasteiger partial charge in [0.05, 0.1) is 16.8 Å². The lowest BCUT2D eigenvalue weighted by molar-refractivity contribution is -0.119. The molecule has 0 saturated heterocycles. The average molecular weight is 402 g/mol. The summed E-state index contributed by atoms with van der Waals surface area (Å²) in [6.07, 6.45) is 0.261. The van der Waals surface area contributed by atoms with Crippen LogP contribution in [0, 0.1) is 0 Å². The van der Waals surface area contributed by atoms with Gasteiger partial charge in [0, 0.05) is 12.1 Å². The zero-order valence-electron chi connectivity index (χ0n) is 16.2. The van der Waals surface area contributed by atoms with E-state index in [0.717, 1.165) is 5.56 Å². The summed E-state index contributed by atoms with van der Waals surface area (Å²) in [5, 5.41) is 5.36. The molecule has 3 amide bonds. The molecular formula is C23H22N4O3. The fourth-order valence-electron chi connectivity index (χ4n) is 2.99. The Labute approximate surface area is 174 Å². The van der Waals surface area contributed by atoms with E-state index in [1.807, 2.05) is 30.3 Å². The van der Waals surface area contributed by atoms with Crippen molar-refractivity contribution in [3.63, 3.8) is 0 Å². The van der Waals surface area contributed by atoms with Crippen molar-refractivity contribution in [2.45, 2.75) is 12.5 Å². The van der Waals surface area contributed by atoms with E-state index in [-0.39, 0.29) is 12.0 Å². The Hall–Kier alpha value is -4.13. The molecule has 7 nitrogen and oxygen atoms in total. The molecule has 6 N–H and O–H groups in total. The molecule has 30 heavy (non-hydrogen) atoms. The maximum absolute atomic E-state index is 12.9. The molecular weight excluding hydrogens is 380 g/mol. The second kappa shape index (κ2) is 9.38. The number of rotatable bonds is 7. The fraction of sp³-hybridized carbons (Fsp3) is 0.0870. The second-order valence-electron chi connectivity index (χ2n) is 6.71. The van der Waals surface area contributed by atoms with Crippen molar-refractivity contribution in [2.75, 3.05) is 11.1 Å². The summed E-state index contributed by atoms with van der Waals surface area (Å²) < 4.78 is 0. The fourth-order valence-corrected chi connectivity index (χ4v) is 2.99. The predicted molar refractivity (Wildman–Crippen MR) is 116 cm³/mol. The molecule has 0 aliphatic rings. The second-order valence-corrected chi connectivity index (χ2v) is 6.71. The number of nitrogens with two attached hydrogens (primary N) is 2. The zero-order chi connectivity index (χ0) is 21.5. The van der Waals surface area contributed by atoms with E-state index in [4.69, 9.17) is 11.5 Å². The van der Waals surface area contributed by atoms with Gasteiger partial charge in [-0.05, 0) is 29.8 Å². The minimum absolute atomic E-state index is 0.208. The highest BCUT2D eigenvalue weighted by Gasteiger charge is 2.22. The number of amides is 3. The van der Waals surface area contributed by atoms with Gasteiger partial charge in [-0.1, -0.05) is 54.6 Å². The molecule has 0 heterocycles. The molecule has 0 aromatic heterocycles. The number of nitrogens with one attached hydrogen (secondary N) is 2. The van der Waals surface area contributed by atoms with Crippen LogP contribution in [-0.4, -0.2) is 23.8 Å². The van der Waals surface area contributed by atoms with Crippen LogP contribution in [0.15, 0.2) is 78.9 Å². The van der Waals surface area contributed by atoms with E-state index in [9.17, 15) is 14.4 Å². The Bertz CT molecular complexity index is 1070. The van der Waals surface area contributed by atoms with Crippen molar-refractivity contribution < 1.29 is 14.4 Å². The molecule has 0 bridgehead atoms. The monoisotopic (exact) mass is 402 g/mol. The van der Waals surface area contributed by atoms with Crippen LogP contribution in [0.2, 0.25) is 0 Å². The van der Waals surface area contributed by atoms with Crippen LogP contribution in [0.1, 0.15) is 26.3 Å². The summed E-state index contributed by atoms with van der Waals surface area (Å²) in [5.74, 6) is -1.61. The van der Waals surface area contributed by atoms with Gasteiger partial charge in [0.25, 0.3) is 11.8 Å². The van der Waals surface area contributed by atoms with E-state index >= 15 is 0 Å². The van der Waals surface area contributed by atoms with Crippen LogP contribution in [0.25, 0.3) is 0 Å². The number of anilines is 2. The van der Waals surface area contributed by atoms with Crippen molar-refractivity contribution in [2.24, 2.45) is 5.73 Å². The molecule has 3 aromatic carbocycles. The Balaban J connectivity index is 1.78. The van der Waals surface area contributed by atoms with Gasteiger partial charge in [-0.3, -0.25) is 14.4 Å². The van der Waals surface area contributed by atoms with Gasteiger partial charge in [-0.2, -0.15) is 0 Å². The Morgan fingerprint density at radius 3 is 2.03 bits per heavy atom. The van der Waals surface area contributed by atoms with Crippen LogP contribution in [-0.2, 0) is 11.2 Å². The van der Waals surface area contributed by atoms with Gasteiger partial charge >= 0.3 is 0 Å². The molecule has 152 valence electrons. The minimum Gasteiger partial charge on any atom is -0.398 e. The summed E-state index contributed by atoms with van der Waals surface area (Å²) in [6, 6.07) is 21.5. The van der Waals surface area contributed by atoms with E-state index < -0.39 is 23.8 Å². The van der Waals surface area contributed by atoms with Gasteiger partial charge < -0.3 is 22.1 Å². The number of primary amides is 1. The van der Waals surface area contributed by atoms with Gasteiger partial charge in [-0.25, -0.2) is 0 Å². The predicted octanol–water partition coefficient (Wildman–Crippen LogP) is 2.35. The highest BCUT2D eigenvalue weighted by atomic mass is 16.2. The Morgan fingerprint density at radius 1 is 0.767 bits per heavy atom. The van der Waals surface area contributed by atoms with Crippen molar-refractivity contribution in [1.82, 2.24) is 5.32 Å². The summed E-state index contributed by atoms with van der Waals surface area (Å²) in [7, 11) is 0. The van der Waals surface area contributed by atoms with Gasteiger partial charge in [-0.15, -0.1) is 0 Å². The number of para-hydroxylation sites is 2. The molecule has 3 rings (SSSR count). The average Bonchev–Trinajstić information content (AvgIpc) is 2.74. The number of carbonyl (C=O) groups excluding carboxylic acids is 3. The van der Waals surface area contributed by atoms with Crippen LogP contribution in [0.5, 0.6) is 0 Å². The third-order valence-corrected chi connectivity index (χ3v) is 4.56. The standard InChI is InChI=1S/C23H22N4O3/c24-18-12-6-4-10-16(18)22(29)26-19-13-7-5-11-17(19)23(30)27-20(21(25)28)14-15-8-2-1-3-9-15/h1-13,20H,14,24H2,(H2,25,28)(H,26,29)(H,27,30). The molecule has 1 atom stereocenters. The maximum atomic E-state index is 12.9. The van der Waals surface area contributed by atoms with E-state index in [2.05, 4.69) is 10.6 Å². The van der Waals surface area contributed by atoms with Crippen LogP contribution in [0.3, 0.4) is 0 Å². The summed E-state index contributed by atoms with van der Waals surface area (Å²) in [4.78, 5) is 37.3. The molecule has 1 unspecified atom stereocenters. The molecule has 0 spiro atoms. The van der Waals surface area contributed by atoms with Crippen molar-refractivity contribution in [1.29, 1.82) is 0 Å². The van der Waals surface area contributed by atoms with E-state index in [1.54, 1.807) is 48.5 Å². The van der Waals surface area contributed by atoms with Crippen molar-refractivity contribution in [3.05, 3.63) is 95.6 Å². The molecule has 0 radical (unpaired) electrons. The Morgan fingerprint density at radius 2 is 1.37 bits per heavy atom. The number of hydrogen-bond donors (Lipinski definition) is 4. The van der Waals surface area contributed by atoms with Crippen molar-refractivity contribution >= 4 is 29.1 Å². The smallest absolute Gasteiger partial charge is 0.257 e. The molecule has 0 aliphatic carbocycles. The first-order valence-electron chi connectivity index (χ1n) is 9.34. The van der Waals surface area contributed by atoms with Crippen LogP contribution < -0.4 is 22.1 Å². The number of benzene rings is 3. The molecule has 3 aromatic rings. The maximum Gasteiger partial charge on any atom is 0.257 e. The summed E-state index contributed by atoms with van der Waals surface area (Å²) >= 11 is 0. The van der Waals surface area contributed by atoms with Crippen LogP contribution >= 0.6 is 0 Å². The first-order chi connectivity index (χ1) is 14.5. The van der Waals surface area contributed by atoms with Crippen molar-refractivity contribution in [3.8, 4) is 0 Å². The quantitative estimate of drug-likeness (QED) is 0.452. The minimum atomic E-state index is -0.895. The number of hydrogen-bond acceptors (Lipinski definition) is 4. The largest absolute Gasteiger partial charge is 0.398 e. The summed E-state index contributed by atoms with van der Waals surface area (Å²) in [5.41, 5.74) is 13.3. The number of carbonyl (C=O) groups is 3. The van der Waals surface area contributed by atoms with E-state index in [0.29, 0.717) is 16.9 Å². The molecule has 7 heteroatoms. The van der Waals surface area contributed by atoms with Gasteiger partial charge in [0.15, 0.2) is 0 Å². The first-order valence-corrected chi connectivity index (χ1v) is 9.34. The lowest BCUT2D eigenvalue weighted by atomic mass is 10.0. The van der Waals surface area contributed by atoms with E-state index in [1.165, 1.54) is 0 Å². The third kappa shape index (κ3) is 5.02. The lowest BCUT2D eigenvalue weighted by Crippen LogP contribution is -2.46. The first kappa shape index (κ1) is 20.6. The van der Waals surface area contributed by atoms with Gasteiger partial charge in [0.2, 0.25) is 5.91 Å². The highest BCUT2D eigenvalue weighted by Crippen LogP contribution is 2.19. The molecule has 0 aliphatic heterocycles. The van der Waals surface area contributed by atoms with Gasteiger partial charge in [0.1, 0.15) is 6.04 Å². The summed E-state index contributed by atoms with van der Waals surface area (Å²) in [6.45, 7) is 0. The zero-order valence-corrected chi connectivity index (χ0v) is 16.2. The SMILES string of the molecule is NC(=O)C(Cc1ccccc1)NC(=O)c1ccccc1NC(=O)c1ccccc1N. The third-order valence-electron chi connectivity index (χ3n) is 4.56. The molecule has 0 fully saturated rings.